The topological polar surface area (TPSA) is 69.4 Å². The molecule has 2 aromatic rings. The number of aromatic nitrogens is 2. The number of benzene rings is 1. The Morgan fingerprint density at radius 1 is 1.30 bits per heavy atom. The van der Waals surface area contributed by atoms with Gasteiger partial charge < -0.3 is 14.8 Å². The minimum Gasteiger partial charge on any atom is -0.497 e. The quantitative estimate of drug-likeness (QED) is 0.835. The third-order valence-electron chi connectivity index (χ3n) is 2.95. The Bertz CT molecular complexity index is 554. The normalized spacial score (nSPS) is 10.6. The SMILES string of the molecule is CCNCc1ccc(OC)cc1OCc1nonc1C. The molecule has 0 saturated carbocycles. The Labute approximate surface area is 118 Å². The molecule has 0 fully saturated rings. The summed E-state index contributed by atoms with van der Waals surface area (Å²) in [5, 5.41) is 10.8. The minimum absolute atomic E-state index is 0.321. The van der Waals surface area contributed by atoms with Gasteiger partial charge in [0.2, 0.25) is 0 Å². The van der Waals surface area contributed by atoms with Gasteiger partial charge in [-0.3, -0.25) is 0 Å². The maximum Gasteiger partial charge on any atom is 0.145 e. The Hall–Kier alpha value is -2.08. The second-order valence-electron chi connectivity index (χ2n) is 4.34. The van der Waals surface area contributed by atoms with Gasteiger partial charge in [-0.25, -0.2) is 4.63 Å². The van der Waals surface area contributed by atoms with Crippen LogP contribution in [0.5, 0.6) is 11.5 Å². The lowest BCUT2D eigenvalue weighted by atomic mass is 10.2. The number of aryl methyl sites for hydroxylation is 1. The van der Waals surface area contributed by atoms with Crippen LogP contribution in [0.25, 0.3) is 0 Å². The lowest BCUT2D eigenvalue weighted by molar-refractivity contribution is 0.267. The molecular weight excluding hydrogens is 258 g/mol. The first-order valence-electron chi connectivity index (χ1n) is 6.53. The first kappa shape index (κ1) is 14.3. The van der Waals surface area contributed by atoms with Gasteiger partial charge in [-0.1, -0.05) is 23.3 Å². The van der Waals surface area contributed by atoms with E-state index in [1.165, 1.54) is 0 Å². The summed E-state index contributed by atoms with van der Waals surface area (Å²) >= 11 is 0. The summed E-state index contributed by atoms with van der Waals surface area (Å²) < 4.78 is 15.7. The first-order chi connectivity index (χ1) is 9.74. The van der Waals surface area contributed by atoms with Gasteiger partial charge in [0.15, 0.2) is 0 Å². The van der Waals surface area contributed by atoms with E-state index in [1.807, 2.05) is 25.1 Å². The lowest BCUT2D eigenvalue weighted by Gasteiger charge is -2.12. The van der Waals surface area contributed by atoms with Crippen LogP contribution in [0.3, 0.4) is 0 Å². The Balaban J connectivity index is 2.12. The number of methoxy groups -OCH3 is 1. The van der Waals surface area contributed by atoms with Gasteiger partial charge in [0, 0.05) is 18.2 Å². The number of ether oxygens (including phenoxy) is 2. The van der Waals surface area contributed by atoms with E-state index < -0.39 is 0 Å². The maximum atomic E-state index is 5.82. The van der Waals surface area contributed by atoms with Crippen LogP contribution in [0.2, 0.25) is 0 Å². The summed E-state index contributed by atoms with van der Waals surface area (Å²) in [7, 11) is 1.63. The highest BCUT2D eigenvalue weighted by Gasteiger charge is 2.09. The summed E-state index contributed by atoms with van der Waals surface area (Å²) in [6.45, 7) is 5.86. The van der Waals surface area contributed by atoms with E-state index in [4.69, 9.17) is 9.47 Å². The number of nitrogens with one attached hydrogen (secondary N) is 1. The van der Waals surface area contributed by atoms with Gasteiger partial charge in [0.1, 0.15) is 29.5 Å². The van der Waals surface area contributed by atoms with E-state index in [-0.39, 0.29) is 0 Å². The van der Waals surface area contributed by atoms with Crippen LogP contribution in [0.4, 0.5) is 0 Å². The molecule has 0 amide bonds. The second-order valence-corrected chi connectivity index (χ2v) is 4.34. The van der Waals surface area contributed by atoms with Crippen LogP contribution in [0.15, 0.2) is 22.8 Å². The largest absolute Gasteiger partial charge is 0.497 e. The fraction of sp³-hybridized carbons (Fsp3) is 0.429. The molecule has 6 heteroatoms. The summed E-state index contributed by atoms with van der Waals surface area (Å²) in [5.41, 5.74) is 2.50. The highest BCUT2D eigenvalue weighted by atomic mass is 16.6. The van der Waals surface area contributed by atoms with Crippen LogP contribution in [0, 0.1) is 6.92 Å². The molecule has 0 unspecified atom stereocenters. The molecule has 0 aliphatic heterocycles. The Morgan fingerprint density at radius 2 is 2.15 bits per heavy atom. The van der Waals surface area contributed by atoms with E-state index in [1.54, 1.807) is 7.11 Å². The number of rotatable bonds is 7. The van der Waals surface area contributed by atoms with Gasteiger partial charge in [0.25, 0.3) is 0 Å². The zero-order chi connectivity index (χ0) is 14.4. The fourth-order valence-electron chi connectivity index (χ4n) is 1.73. The molecule has 6 nitrogen and oxygen atoms in total. The predicted molar refractivity (Wildman–Crippen MR) is 73.7 cm³/mol. The standard InChI is InChI=1S/C14H19N3O3/c1-4-15-8-11-5-6-12(18-3)7-14(11)19-9-13-10(2)16-20-17-13/h5-7,15H,4,8-9H2,1-3H3. The van der Waals surface area contributed by atoms with E-state index in [9.17, 15) is 0 Å². The van der Waals surface area contributed by atoms with Gasteiger partial charge >= 0.3 is 0 Å². The summed E-state index contributed by atoms with van der Waals surface area (Å²) in [5.74, 6) is 1.53. The number of hydrogen-bond donors (Lipinski definition) is 1. The molecule has 0 saturated heterocycles. The van der Waals surface area contributed by atoms with Crippen molar-refractivity contribution in [1.82, 2.24) is 15.6 Å². The molecule has 1 aromatic carbocycles. The smallest absolute Gasteiger partial charge is 0.145 e. The van der Waals surface area contributed by atoms with Gasteiger partial charge in [0.05, 0.1) is 7.11 Å². The van der Waals surface area contributed by atoms with Crippen LogP contribution in [-0.2, 0) is 13.2 Å². The van der Waals surface area contributed by atoms with E-state index in [0.29, 0.717) is 12.3 Å². The average molecular weight is 277 g/mol. The van der Waals surface area contributed by atoms with Crippen LogP contribution in [-0.4, -0.2) is 24.0 Å². The van der Waals surface area contributed by atoms with E-state index in [2.05, 4.69) is 27.2 Å². The molecule has 0 aliphatic carbocycles. The van der Waals surface area contributed by atoms with Gasteiger partial charge in [-0.05, 0) is 19.5 Å². The van der Waals surface area contributed by atoms with Crippen molar-refractivity contribution in [3.8, 4) is 11.5 Å². The monoisotopic (exact) mass is 277 g/mol. The lowest BCUT2D eigenvalue weighted by Crippen LogP contribution is -2.13. The highest BCUT2D eigenvalue weighted by Crippen LogP contribution is 2.25. The minimum atomic E-state index is 0.321. The van der Waals surface area contributed by atoms with Crippen molar-refractivity contribution in [3.63, 3.8) is 0 Å². The van der Waals surface area contributed by atoms with Crippen molar-refractivity contribution in [3.05, 3.63) is 35.2 Å². The third kappa shape index (κ3) is 3.48. The average Bonchev–Trinajstić information content (AvgIpc) is 2.88. The maximum absolute atomic E-state index is 5.82. The molecule has 1 heterocycles. The zero-order valence-electron chi connectivity index (χ0n) is 12.0. The molecular formula is C14H19N3O3. The van der Waals surface area contributed by atoms with Gasteiger partial charge in [-0.2, -0.15) is 0 Å². The number of hydrogen-bond acceptors (Lipinski definition) is 6. The summed E-state index contributed by atoms with van der Waals surface area (Å²) in [6.07, 6.45) is 0. The third-order valence-corrected chi connectivity index (χ3v) is 2.95. The molecule has 2 rings (SSSR count). The highest BCUT2D eigenvalue weighted by molar-refractivity contribution is 5.40. The van der Waals surface area contributed by atoms with E-state index >= 15 is 0 Å². The van der Waals surface area contributed by atoms with Gasteiger partial charge in [-0.15, -0.1) is 0 Å². The van der Waals surface area contributed by atoms with Crippen LogP contribution < -0.4 is 14.8 Å². The van der Waals surface area contributed by atoms with Crippen LogP contribution in [0.1, 0.15) is 23.9 Å². The molecule has 0 radical (unpaired) electrons. The second kappa shape index (κ2) is 6.91. The molecule has 1 aromatic heterocycles. The van der Waals surface area contributed by atoms with Crippen molar-refractivity contribution in [2.45, 2.75) is 27.0 Å². The van der Waals surface area contributed by atoms with Crippen molar-refractivity contribution in [2.24, 2.45) is 0 Å². The van der Waals surface area contributed by atoms with Crippen LogP contribution >= 0.6 is 0 Å². The molecule has 0 spiro atoms. The first-order valence-corrected chi connectivity index (χ1v) is 6.53. The molecule has 1 N–H and O–H groups in total. The van der Waals surface area contributed by atoms with Crippen molar-refractivity contribution in [1.29, 1.82) is 0 Å². The summed E-state index contributed by atoms with van der Waals surface area (Å²) in [4.78, 5) is 0. The molecule has 20 heavy (non-hydrogen) atoms. The molecule has 0 atom stereocenters. The van der Waals surface area contributed by atoms with Crippen molar-refractivity contribution < 1.29 is 14.1 Å². The van der Waals surface area contributed by atoms with E-state index in [0.717, 1.165) is 35.8 Å². The Kier molecular flexibility index (Phi) is 4.95. The Morgan fingerprint density at radius 3 is 2.80 bits per heavy atom. The van der Waals surface area contributed by atoms with Crippen molar-refractivity contribution in [2.75, 3.05) is 13.7 Å². The zero-order valence-corrected chi connectivity index (χ0v) is 12.0. The van der Waals surface area contributed by atoms with Crippen molar-refractivity contribution >= 4 is 0 Å². The molecule has 0 aliphatic rings. The predicted octanol–water partition coefficient (Wildman–Crippen LogP) is 2.08. The molecule has 108 valence electrons. The fourth-order valence-corrected chi connectivity index (χ4v) is 1.73. The molecule has 0 bridgehead atoms. The summed E-state index contributed by atoms with van der Waals surface area (Å²) in [6, 6.07) is 5.78. The number of nitrogens with zero attached hydrogens (tertiary/aromatic N) is 2.